The van der Waals surface area contributed by atoms with Crippen LogP contribution in [0.4, 0.5) is 32.1 Å². The summed E-state index contributed by atoms with van der Waals surface area (Å²) in [5.74, 6) is -0.0541. The lowest BCUT2D eigenvalue weighted by molar-refractivity contribution is 0.586. The van der Waals surface area contributed by atoms with Crippen molar-refractivity contribution in [3.63, 3.8) is 0 Å². The lowest BCUT2D eigenvalue weighted by Gasteiger charge is -2.11. The third-order valence-corrected chi connectivity index (χ3v) is 3.98. The second-order valence-corrected chi connectivity index (χ2v) is 6.23. The maximum Gasteiger partial charge on any atom is 0.229 e. The maximum absolute atomic E-state index is 14.0. The van der Waals surface area contributed by atoms with Gasteiger partial charge in [-0.05, 0) is 43.7 Å². The van der Waals surface area contributed by atoms with E-state index in [0.717, 1.165) is 22.7 Å². The summed E-state index contributed by atoms with van der Waals surface area (Å²) in [6.07, 6.45) is 0. The van der Waals surface area contributed by atoms with Gasteiger partial charge in [0, 0.05) is 23.2 Å². The molecule has 4 rings (SSSR count). The molecule has 0 spiro atoms. The van der Waals surface area contributed by atoms with E-state index in [9.17, 15) is 8.78 Å². The molecule has 27 heavy (non-hydrogen) atoms. The van der Waals surface area contributed by atoms with Crippen LogP contribution in [0.2, 0.25) is 0 Å². The number of anilines is 4. The number of aromatic nitrogens is 4. The minimum Gasteiger partial charge on any atom is -0.323 e. The van der Waals surface area contributed by atoms with Crippen molar-refractivity contribution in [3.8, 4) is 0 Å². The lowest BCUT2D eigenvalue weighted by atomic mass is 10.1. The van der Waals surface area contributed by atoms with E-state index in [2.05, 4.69) is 30.8 Å². The van der Waals surface area contributed by atoms with Crippen LogP contribution in [-0.4, -0.2) is 20.2 Å². The minimum atomic E-state index is -0.722. The summed E-state index contributed by atoms with van der Waals surface area (Å²) in [4.78, 5) is 8.90. The summed E-state index contributed by atoms with van der Waals surface area (Å²) in [6, 6.07) is 10.9. The van der Waals surface area contributed by atoms with E-state index in [4.69, 9.17) is 0 Å². The summed E-state index contributed by atoms with van der Waals surface area (Å²) in [5, 5.41) is 13.8. The molecule has 6 nitrogen and oxygen atoms in total. The van der Waals surface area contributed by atoms with Crippen LogP contribution in [-0.2, 0) is 0 Å². The number of aromatic amines is 1. The van der Waals surface area contributed by atoms with Gasteiger partial charge in [-0.15, -0.1) is 0 Å². The molecule has 8 heteroatoms. The van der Waals surface area contributed by atoms with Crippen molar-refractivity contribution in [2.75, 3.05) is 10.6 Å². The molecule has 2 heterocycles. The zero-order valence-corrected chi connectivity index (χ0v) is 14.6. The first kappa shape index (κ1) is 16.9. The van der Waals surface area contributed by atoms with Crippen molar-refractivity contribution < 1.29 is 8.78 Å². The van der Waals surface area contributed by atoms with Crippen LogP contribution in [0.3, 0.4) is 0 Å². The first-order valence-corrected chi connectivity index (χ1v) is 8.27. The van der Waals surface area contributed by atoms with Crippen molar-refractivity contribution in [3.05, 3.63) is 65.4 Å². The predicted molar refractivity (Wildman–Crippen MR) is 101 cm³/mol. The molecule has 3 N–H and O–H groups in total. The Hall–Kier alpha value is -3.55. The van der Waals surface area contributed by atoms with E-state index in [-0.39, 0.29) is 11.6 Å². The first-order valence-electron chi connectivity index (χ1n) is 8.27. The standard InChI is InChI=1S/C19H16F2N6/c1-10-3-5-13-16(7-10)23-19(22-15-6-4-12(20)9-14(15)21)25-18(13)24-17-8-11(2)26-27-17/h3-9H,1-2H3,(H3,22,23,24,25,26,27). The van der Waals surface area contributed by atoms with E-state index in [1.54, 1.807) is 0 Å². The summed E-state index contributed by atoms with van der Waals surface area (Å²) in [7, 11) is 0. The molecule has 2 aromatic carbocycles. The van der Waals surface area contributed by atoms with Crippen molar-refractivity contribution in [2.24, 2.45) is 0 Å². The molecule has 0 saturated heterocycles. The highest BCUT2D eigenvalue weighted by atomic mass is 19.1. The summed E-state index contributed by atoms with van der Waals surface area (Å²) in [5.41, 5.74) is 2.70. The highest BCUT2D eigenvalue weighted by Crippen LogP contribution is 2.27. The number of rotatable bonds is 4. The van der Waals surface area contributed by atoms with Gasteiger partial charge in [0.05, 0.1) is 11.2 Å². The second-order valence-electron chi connectivity index (χ2n) is 6.23. The molecule has 136 valence electrons. The third-order valence-electron chi connectivity index (χ3n) is 3.98. The molecule has 4 aromatic rings. The Balaban J connectivity index is 1.78. The summed E-state index contributed by atoms with van der Waals surface area (Å²) in [6.45, 7) is 3.85. The molecule has 0 saturated carbocycles. The molecule has 0 atom stereocenters. The zero-order valence-electron chi connectivity index (χ0n) is 14.6. The molecule has 0 unspecified atom stereocenters. The van der Waals surface area contributed by atoms with Crippen LogP contribution in [0, 0.1) is 25.5 Å². The number of aryl methyl sites for hydroxylation is 2. The number of hydrogen-bond donors (Lipinski definition) is 3. The van der Waals surface area contributed by atoms with E-state index in [1.807, 2.05) is 38.1 Å². The van der Waals surface area contributed by atoms with Crippen molar-refractivity contribution >= 4 is 34.2 Å². The van der Waals surface area contributed by atoms with Crippen LogP contribution < -0.4 is 10.6 Å². The molecular formula is C19H16F2N6. The fourth-order valence-corrected chi connectivity index (χ4v) is 2.71. The Labute approximate surface area is 153 Å². The number of H-pyrrole nitrogens is 1. The minimum absolute atomic E-state index is 0.0879. The maximum atomic E-state index is 14.0. The molecule has 0 aliphatic carbocycles. The average Bonchev–Trinajstić information content (AvgIpc) is 3.02. The van der Waals surface area contributed by atoms with E-state index in [1.165, 1.54) is 12.1 Å². The summed E-state index contributed by atoms with van der Waals surface area (Å²) >= 11 is 0. The van der Waals surface area contributed by atoms with Crippen molar-refractivity contribution in [1.82, 2.24) is 20.2 Å². The monoisotopic (exact) mass is 366 g/mol. The third kappa shape index (κ3) is 3.55. The van der Waals surface area contributed by atoms with Gasteiger partial charge in [0.25, 0.3) is 0 Å². The molecule has 0 amide bonds. The van der Waals surface area contributed by atoms with Gasteiger partial charge >= 0.3 is 0 Å². The van der Waals surface area contributed by atoms with E-state index < -0.39 is 11.6 Å². The number of halogens is 2. The molecule has 0 aliphatic rings. The van der Waals surface area contributed by atoms with E-state index in [0.29, 0.717) is 17.2 Å². The number of nitrogens with one attached hydrogen (secondary N) is 3. The smallest absolute Gasteiger partial charge is 0.229 e. The number of benzene rings is 2. The highest BCUT2D eigenvalue weighted by molar-refractivity contribution is 5.92. The highest BCUT2D eigenvalue weighted by Gasteiger charge is 2.12. The quantitative estimate of drug-likeness (QED) is 0.486. The lowest BCUT2D eigenvalue weighted by Crippen LogP contribution is -2.04. The second kappa shape index (κ2) is 6.64. The number of fused-ring (bicyclic) bond motifs is 1. The van der Waals surface area contributed by atoms with Crippen molar-refractivity contribution in [2.45, 2.75) is 13.8 Å². The zero-order chi connectivity index (χ0) is 19.0. The Morgan fingerprint density at radius 3 is 2.52 bits per heavy atom. The van der Waals surface area contributed by atoms with Gasteiger partial charge < -0.3 is 10.6 Å². The van der Waals surface area contributed by atoms with Gasteiger partial charge in [0.15, 0.2) is 5.82 Å². The SMILES string of the molecule is Cc1ccc2c(Nc3cc(C)[nH]n3)nc(Nc3ccc(F)cc3F)nc2c1. The van der Waals surface area contributed by atoms with Crippen LogP contribution in [0.5, 0.6) is 0 Å². The largest absolute Gasteiger partial charge is 0.323 e. The van der Waals surface area contributed by atoms with Crippen LogP contribution in [0.1, 0.15) is 11.3 Å². The topological polar surface area (TPSA) is 78.5 Å². The fourth-order valence-electron chi connectivity index (χ4n) is 2.71. The normalized spacial score (nSPS) is 11.0. The van der Waals surface area contributed by atoms with Gasteiger partial charge in [-0.2, -0.15) is 10.1 Å². The average molecular weight is 366 g/mol. The predicted octanol–water partition coefficient (Wildman–Crippen LogP) is 4.74. The fraction of sp³-hybridized carbons (Fsp3) is 0.105. The first-order chi connectivity index (χ1) is 13.0. The molecule has 0 bridgehead atoms. The molecule has 2 aromatic heterocycles. The molecule has 0 aliphatic heterocycles. The Morgan fingerprint density at radius 2 is 1.78 bits per heavy atom. The number of hydrogen-bond acceptors (Lipinski definition) is 5. The van der Waals surface area contributed by atoms with Crippen molar-refractivity contribution in [1.29, 1.82) is 0 Å². The van der Waals surface area contributed by atoms with Crippen LogP contribution in [0.25, 0.3) is 10.9 Å². The van der Waals surface area contributed by atoms with Gasteiger partial charge in [0.1, 0.15) is 17.5 Å². The molecular weight excluding hydrogens is 350 g/mol. The van der Waals surface area contributed by atoms with Gasteiger partial charge in [-0.1, -0.05) is 6.07 Å². The number of nitrogens with zero attached hydrogens (tertiary/aromatic N) is 3. The Bertz CT molecular complexity index is 1140. The molecule has 0 radical (unpaired) electrons. The van der Waals surface area contributed by atoms with E-state index >= 15 is 0 Å². The van der Waals surface area contributed by atoms with Gasteiger partial charge in [-0.25, -0.2) is 13.8 Å². The van der Waals surface area contributed by atoms with Crippen LogP contribution >= 0.6 is 0 Å². The van der Waals surface area contributed by atoms with Gasteiger partial charge in [0.2, 0.25) is 5.95 Å². The Morgan fingerprint density at radius 1 is 0.926 bits per heavy atom. The van der Waals surface area contributed by atoms with Crippen LogP contribution in [0.15, 0.2) is 42.5 Å². The van der Waals surface area contributed by atoms with Gasteiger partial charge in [-0.3, -0.25) is 5.10 Å². The summed E-state index contributed by atoms with van der Waals surface area (Å²) < 4.78 is 27.1. The molecule has 0 fully saturated rings. The Kier molecular flexibility index (Phi) is 4.15.